The van der Waals surface area contributed by atoms with Gasteiger partial charge in [-0.3, -0.25) is 4.68 Å². The average Bonchev–Trinajstić information content (AvgIpc) is 3.03. The molecule has 0 spiro atoms. The summed E-state index contributed by atoms with van der Waals surface area (Å²) in [5, 5.41) is 7.23. The van der Waals surface area contributed by atoms with Crippen molar-refractivity contribution in [3.63, 3.8) is 0 Å². The Morgan fingerprint density at radius 3 is 2.76 bits per heavy atom. The summed E-state index contributed by atoms with van der Waals surface area (Å²) in [5.41, 5.74) is 1.64. The van der Waals surface area contributed by atoms with E-state index >= 15 is 0 Å². The van der Waals surface area contributed by atoms with Crippen LogP contribution in [-0.2, 0) is 30.2 Å². The first-order valence-corrected chi connectivity index (χ1v) is 8.24. The number of nitrogens with one attached hydrogen (secondary N) is 3. The summed E-state index contributed by atoms with van der Waals surface area (Å²) in [6, 6.07) is 3.76. The van der Waals surface area contributed by atoms with Crippen LogP contribution in [0.15, 0.2) is 29.4 Å². The van der Waals surface area contributed by atoms with E-state index in [-0.39, 0.29) is 11.4 Å². The lowest BCUT2D eigenvalue weighted by Crippen LogP contribution is -2.24. The number of hydrogen-bond donors (Lipinski definition) is 3. The Balaban J connectivity index is 2.01. The highest BCUT2D eigenvalue weighted by Gasteiger charge is 2.16. The van der Waals surface area contributed by atoms with Gasteiger partial charge in [0.05, 0.1) is 17.1 Å². The maximum absolute atomic E-state index is 12.2. The van der Waals surface area contributed by atoms with Gasteiger partial charge in [0.15, 0.2) is 0 Å². The second-order valence-electron chi connectivity index (χ2n) is 5.17. The van der Waals surface area contributed by atoms with E-state index in [4.69, 9.17) is 0 Å². The molecule has 7 nitrogen and oxygen atoms in total. The molecule has 2 aromatic rings. The fraction of sp³-hybridized carbons (Fsp3) is 0.462. The molecule has 0 unspecified atom stereocenters. The van der Waals surface area contributed by atoms with Crippen molar-refractivity contribution in [1.29, 1.82) is 0 Å². The van der Waals surface area contributed by atoms with E-state index in [0.29, 0.717) is 12.6 Å². The minimum atomic E-state index is -3.52. The minimum absolute atomic E-state index is 0.212. The Labute approximate surface area is 124 Å². The lowest BCUT2D eigenvalue weighted by atomic mass is 10.3. The number of aromatic nitrogens is 3. The van der Waals surface area contributed by atoms with Crippen molar-refractivity contribution >= 4 is 10.0 Å². The fourth-order valence-corrected chi connectivity index (χ4v) is 2.83. The van der Waals surface area contributed by atoms with Crippen LogP contribution in [-0.4, -0.2) is 29.2 Å². The summed E-state index contributed by atoms with van der Waals surface area (Å²) in [7, 11) is -1.75. The van der Waals surface area contributed by atoms with Gasteiger partial charge in [-0.05, 0) is 12.1 Å². The zero-order chi connectivity index (χ0) is 15.5. The van der Waals surface area contributed by atoms with Gasteiger partial charge in [0.1, 0.15) is 0 Å². The van der Waals surface area contributed by atoms with Gasteiger partial charge in [-0.25, -0.2) is 13.1 Å². The van der Waals surface area contributed by atoms with Crippen LogP contribution in [0.3, 0.4) is 0 Å². The Morgan fingerprint density at radius 1 is 1.38 bits per heavy atom. The predicted octanol–water partition coefficient (Wildman–Crippen LogP) is 0.725. The highest BCUT2D eigenvalue weighted by molar-refractivity contribution is 7.89. The van der Waals surface area contributed by atoms with Gasteiger partial charge in [0, 0.05) is 37.7 Å². The Kier molecular flexibility index (Phi) is 4.81. The van der Waals surface area contributed by atoms with Crippen molar-refractivity contribution in [2.24, 2.45) is 7.05 Å². The summed E-state index contributed by atoms with van der Waals surface area (Å²) < 4.78 is 28.6. The SMILES string of the molecule is CC(C)NCc1cc(S(=O)(=O)NCc2ccnn2C)c[nH]1. The molecule has 0 aliphatic carbocycles. The highest BCUT2D eigenvalue weighted by Crippen LogP contribution is 2.11. The zero-order valence-corrected chi connectivity index (χ0v) is 13.2. The molecule has 21 heavy (non-hydrogen) atoms. The molecule has 0 atom stereocenters. The smallest absolute Gasteiger partial charge is 0.242 e. The molecule has 3 N–H and O–H groups in total. The number of aromatic amines is 1. The molecule has 2 aromatic heterocycles. The molecule has 8 heteroatoms. The monoisotopic (exact) mass is 311 g/mol. The largest absolute Gasteiger partial charge is 0.363 e. The number of hydrogen-bond acceptors (Lipinski definition) is 4. The van der Waals surface area contributed by atoms with E-state index in [0.717, 1.165) is 11.4 Å². The van der Waals surface area contributed by atoms with Crippen LogP contribution in [0.25, 0.3) is 0 Å². The Morgan fingerprint density at radius 2 is 2.14 bits per heavy atom. The summed E-state index contributed by atoms with van der Waals surface area (Å²) in [4.78, 5) is 3.21. The quantitative estimate of drug-likeness (QED) is 0.703. The molecule has 0 amide bonds. The molecule has 2 heterocycles. The standard InChI is InChI=1S/C13H21N5O2S/c1-10(2)14-7-11-6-13(9-15-11)21(19,20)17-8-12-4-5-16-18(12)3/h4-6,9-10,14-15,17H,7-8H2,1-3H3. The van der Waals surface area contributed by atoms with Gasteiger partial charge in [0.25, 0.3) is 0 Å². The van der Waals surface area contributed by atoms with Gasteiger partial charge in [-0.1, -0.05) is 13.8 Å². The molecule has 0 aliphatic rings. The van der Waals surface area contributed by atoms with Crippen LogP contribution in [0.4, 0.5) is 0 Å². The van der Waals surface area contributed by atoms with E-state index < -0.39 is 10.0 Å². The predicted molar refractivity (Wildman–Crippen MR) is 80.0 cm³/mol. The van der Waals surface area contributed by atoms with Crippen LogP contribution in [0.5, 0.6) is 0 Å². The normalized spacial score (nSPS) is 12.2. The van der Waals surface area contributed by atoms with Crippen molar-refractivity contribution in [2.45, 2.75) is 37.9 Å². The van der Waals surface area contributed by atoms with Gasteiger partial charge in [0.2, 0.25) is 10.0 Å². The molecule has 2 rings (SSSR count). The topological polar surface area (TPSA) is 91.8 Å². The Bertz CT molecular complexity index is 687. The van der Waals surface area contributed by atoms with Crippen molar-refractivity contribution in [1.82, 2.24) is 24.8 Å². The van der Waals surface area contributed by atoms with Crippen molar-refractivity contribution in [3.05, 3.63) is 35.9 Å². The molecule has 0 saturated carbocycles. The second kappa shape index (κ2) is 6.42. The van der Waals surface area contributed by atoms with Crippen molar-refractivity contribution in [3.8, 4) is 0 Å². The van der Waals surface area contributed by atoms with Crippen molar-refractivity contribution < 1.29 is 8.42 Å². The highest BCUT2D eigenvalue weighted by atomic mass is 32.2. The number of H-pyrrole nitrogens is 1. The minimum Gasteiger partial charge on any atom is -0.363 e. The summed E-state index contributed by atoms with van der Waals surface area (Å²) >= 11 is 0. The first kappa shape index (κ1) is 15.7. The molecule has 116 valence electrons. The number of rotatable bonds is 7. The van der Waals surface area contributed by atoms with Crippen molar-refractivity contribution in [2.75, 3.05) is 0 Å². The fourth-order valence-electron chi connectivity index (χ4n) is 1.82. The molecule has 0 aromatic carbocycles. The lowest BCUT2D eigenvalue weighted by molar-refractivity contribution is 0.577. The van der Waals surface area contributed by atoms with E-state index in [9.17, 15) is 8.42 Å². The van der Waals surface area contributed by atoms with Crippen LogP contribution >= 0.6 is 0 Å². The molecule has 0 aliphatic heterocycles. The summed E-state index contributed by atoms with van der Waals surface area (Å²) in [6.07, 6.45) is 3.14. The molecular formula is C13H21N5O2S. The molecule has 0 radical (unpaired) electrons. The van der Waals surface area contributed by atoms with Crippen LogP contribution in [0, 0.1) is 0 Å². The average molecular weight is 311 g/mol. The lowest BCUT2D eigenvalue weighted by Gasteiger charge is -2.06. The van der Waals surface area contributed by atoms with Crippen LogP contribution < -0.4 is 10.0 Å². The second-order valence-corrected chi connectivity index (χ2v) is 6.93. The van der Waals surface area contributed by atoms with Gasteiger partial charge in [-0.2, -0.15) is 5.10 Å². The number of aryl methyl sites for hydroxylation is 1. The summed E-state index contributed by atoms with van der Waals surface area (Å²) in [5.74, 6) is 0. The first-order valence-electron chi connectivity index (χ1n) is 6.75. The maximum Gasteiger partial charge on any atom is 0.242 e. The molecule has 0 fully saturated rings. The van der Waals surface area contributed by atoms with E-state index in [1.54, 1.807) is 30.1 Å². The van der Waals surface area contributed by atoms with Gasteiger partial charge >= 0.3 is 0 Å². The zero-order valence-electron chi connectivity index (χ0n) is 12.4. The van der Waals surface area contributed by atoms with Crippen LogP contribution in [0.2, 0.25) is 0 Å². The third kappa shape index (κ3) is 4.16. The maximum atomic E-state index is 12.2. The van der Waals surface area contributed by atoms with Crippen LogP contribution in [0.1, 0.15) is 25.2 Å². The Hall–Kier alpha value is -1.64. The third-order valence-corrected chi connectivity index (χ3v) is 4.47. The first-order chi connectivity index (χ1) is 9.88. The molecule has 0 bridgehead atoms. The van der Waals surface area contributed by atoms with E-state index in [1.807, 2.05) is 13.8 Å². The number of nitrogens with zero attached hydrogens (tertiary/aromatic N) is 2. The van der Waals surface area contributed by atoms with E-state index in [1.165, 1.54) is 6.20 Å². The van der Waals surface area contributed by atoms with Gasteiger partial charge in [-0.15, -0.1) is 0 Å². The molecular weight excluding hydrogens is 290 g/mol. The van der Waals surface area contributed by atoms with E-state index in [2.05, 4.69) is 20.1 Å². The molecule has 0 saturated heterocycles. The summed E-state index contributed by atoms with van der Waals surface area (Å²) in [6.45, 7) is 4.89. The number of sulfonamides is 1. The van der Waals surface area contributed by atoms with Gasteiger partial charge < -0.3 is 10.3 Å². The third-order valence-electron chi connectivity index (χ3n) is 3.09.